The van der Waals surface area contributed by atoms with Gasteiger partial charge in [-0.15, -0.1) is 0 Å². The lowest BCUT2D eigenvalue weighted by Gasteiger charge is -2.03. The van der Waals surface area contributed by atoms with Gasteiger partial charge in [0.15, 0.2) is 0 Å². The van der Waals surface area contributed by atoms with E-state index in [1.807, 2.05) is 13.1 Å². The molecule has 0 spiro atoms. The van der Waals surface area contributed by atoms with E-state index in [0.717, 1.165) is 37.3 Å². The fraction of sp³-hybridized carbons (Fsp3) is 0.400. The number of nitrogens with one attached hydrogen (secondary N) is 1. The van der Waals surface area contributed by atoms with Crippen molar-refractivity contribution in [1.82, 2.24) is 14.9 Å². The average molecular weight is 243 g/mol. The van der Waals surface area contributed by atoms with Gasteiger partial charge in [-0.2, -0.15) is 0 Å². The lowest BCUT2D eigenvalue weighted by molar-refractivity contribution is 0.736. The molecule has 1 heterocycles. The Morgan fingerprint density at radius 2 is 2.11 bits per heavy atom. The molecule has 18 heavy (non-hydrogen) atoms. The number of hydrogen-bond acceptors (Lipinski definition) is 2. The smallest absolute Gasteiger partial charge is 0.113 e. The molecule has 3 heteroatoms. The van der Waals surface area contributed by atoms with Crippen molar-refractivity contribution in [2.75, 3.05) is 13.6 Å². The van der Waals surface area contributed by atoms with Crippen molar-refractivity contribution in [2.24, 2.45) is 0 Å². The predicted molar refractivity (Wildman–Crippen MR) is 76.8 cm³/mol. The third kappa shape index (κ3) is 2.79. The molecule has 0 bridgehead atoms. The van der Waals surface area contributed by atoms with Crippen molar-refractivity contribution in [3.8, 4) is 0 Å². The summed E-state index contributed by atoms with van der Waals surface area (Å²) in [6.07, 6.45) is 6.41. The fourth-order valence-electron chi connectivity index (χ4n) is 2.17. The fourth-order valence-corrected chi connectivity index (χ4v) is 2.17. The van der Waals surface area contributed by atoms with E-state index < -0.39 is 0 Å². The monoisotopic (exact) mass is 243 g/mol. The molecule has 0 saturated heterocycles. The minimum Gasteiger partial charge on any atom is -0.328 e. The van der Waals surface area contributed by atoms with Gasteiger partial charge in [-0.3, -0.25) is 0 Å². The highest BCUT2D eigenvalue weighted by Crippen LogP contribution is 2.16. The van der Waals surface area contributed by atoms with Gasteiger partial charge >= 0.3 is 0 Å². The molecule has 0 atom stereocenters. The molecule has 0 saturated carbocycles. The summed E-state index contributed by atoms with van der Waals surface area (Å²) < 4.78 is 2.29. The highest BCUT2D eigenvalue weighted by molar-refractivity contribution is 5.75. The molecule has 2 aromatic rings. The molecule has 0 aliphatic heterocycles. The van der Waals surface area contributed by atoms with Gasteiger partial charge < -0.3 is 9.88 Å². The lowest BCUT2D eigenvalue weighted by atomic mass is 10.3. The Kier molecular flexibility index (Phi) is 4.53. The van der Waals surface area contributed by atoms with E-state index in [4.69, 9.17) is 4.98 Å². The number of allylic oxidation sites excluding steroid dienone is 1. The van der Waals surface area contributed by atoms with Crippen LogP contribution in [0.5, 0.6) is 0 Å². The summed E-state index contributed by atoms with van der Waals surface area (Å²) in [6, 6.07) is 8.33. The van der Waals surface area contributed by atoms with Gasteiger partial charge in [0.2, 0.25) is 0 Å². The summed E-state index contributed by atoms with van der Waals surface area (Å²) in [5.41, 5.74) is 2.33. The number of hydrogen-bond donors (Lipinski definition) is 1. The third-order valence-corrected chi connectivity index (χ3v) is 3.08. The van der Waals surface area contributed by atoms with Crippen LogP contribution in [-0.4, -0.2) is 23.1 Å². The second-order valence-corrected chi connectivity index (χ2v) is 4.33. The molecule has 3 nitrogen and oxygen atoms in total. The molecule has 96 valence electrons. The maximum absolute atomic E-state index is 4.70. The number of aromatic nitrogens is 2. The molecule has 1 aromatic heterocycles. The Morgan fingerprint density at radius 3 is 2.89 bits per heavy atom. The van der Waals surface area contributed by atoms with Crippen LogP contribution in [-0.2, 0) is 13.0 Å². The highest BCUT2D eigenvalue weighted by Gasteiger charge is 2.06. The molecule has 0 aliphatic rings. The van der Waals surface area contributed by atoms with Crippen LogP contribution in [0.3, 0.4) is 0 Å². The van der Waals surface area contributed by atoms with Crippen molar-refractivity contribution in [2.45, 2.75) is 26.3 Å². The van der Waals surface area contributed by atoms with Gasteiger partial charge in [-0.1, -0.05) is 24.3 Å². The summed E-state index contributed by atoms with van der Waals surface area (Å²) in [4.78, 5) is 4.70. The minimum atomic E-state index is 0.909. The van der Waals surface area contributed by atoms with Gasteiger partial charge in [-0.05, 0) is 39.1 Å². The zero-order valence-corrected chi connectivity index (χ0v) is 11.2. The number of para-hydroxylation sites is 2. The maximum atomic E-state index is 4.70. The van der Waals surface area contributed by atoms with Crippen LogP contribution in [0.15, 0.2) is 36.4 Å². The second-order valence-electron chi connectivity index (χ2n) is 4.33. The maximum Gasteiger partial charge on any atom is 0.113 e. The molecule has 0 fully saturated rings. The topological polar surface area (TPSA) is 29.9 Å². The number of imidazole rings is 1. The molecule has 2 rings (SSSR count). The first kappa shape index (κ1) is 12.8. The summed E-state index contributed by atoms with van der Waals surface area (Å²) in [5.74, 6) is 1.15. The van der Waals surface area contributed by atoms with Crippen molar-refractivity contribution >= 4 is 11.0 Å². The number of benzene rings is 1. The SMILES string of the molecule is CCn1c(CC=CCCNC)nc2ccccc21. The van der Waals surface area contributed by atoms with E-state index in [0.29, 0.717) is 0 Å². The Bertz CT molecular complexity index is 526. The van der Waals surface area contributed by atoms with Gasteiger partial charge in [0.1, 0.15) is 5.82 Å². The van der Waals surface area contributed by atoms with Crippen LogP contribution in [0.2, 0.25) is 0 Å². The Hall–Kier alpha value is -1.61. The van der Waals surface area contributed by atoms with Crippen LogP contribution < -0.4 is 5.32 Å². The number of fused-ring (bicyclic) bond motifs is 1. The molecular formula is C15H21N3. The third-order valence-electron chi connectivity index (χ3n) is 3.08. The first-order valence-electron chi connectivity index (χ1n) is 6.60. The average Bonchev–Trinajstić information content (AvgIpc) is 2.76. The number of nitrogens with zero attached hydrogens (tertiary/aromatic N) is 2. The van der Waals surface area contributed by atoms with Crippen molar-refractivity contribution in [1.29, 1.82) is 0 Å². The summed E-state index contributed by atoms with van der Waals surface area (Å²) >= 11 is 0. The largest absolute Gasteiger partial charge is 0.328 e. The van der Waals surface area contributed by atoms with E-state index in [9.17, 15) is 0 Å². The van der Waals surface area contributed by atoms with Gasteiger partial charge in [0.05, 0.1) is 11.0 Å². The Morgan fingerprint density at radius 1 is 1.28 bits per heavy atom. The minimum absolute atomic E-state index is 0.909. The van der Waals surface area contributed by atoms with Crippen LogP contribution in [0.4, 0.5) is 0 Å². The van der Waals surface area contributed by atoms with Crippen LogP contribution in [0.1, 0.15) is 19.2 Å². The highest BCUT2D eigenvalue weighted by atomic mass is 15.1. The van der Waals surface area contributed by atoms with Crippen molar-refractivity contribution in [3.05, 3.63) is 42.2 Å². The number of aryl methyl sites for hydroxylation is 1. The normalized spacial score (nSPS) is 11.7. The van der Waals surface area contributed by atoms with Crippen molar-refractivity contribution < 1.29 is 0 Å². The molecule has 0 aliphatic carbocycles. The van der Waals surface area contributed by atoms with Gasteiger partial charge in [-0.25, -0.2) is 4.98 Å². The molecule has 1 N–H and O–H groups in total. The molecular weight excluding hydrogens is 222 g/mol. The van der Waals surface area contributed by atoms with E-state index in [1.54, 1.807) is 0 Å². The van der Waals surface area contributed by atoms with Crippen molar-refractivity contribution in [3.63, 3.8) is 0 Å². The van der Waals surface area contributed by atoms with E-state index in [2.05, 4.69) is 47.2 Å². The summed E-state index contributed by atoms with van der Waals surface area (Å²) in [6.45, 7) is 4.17. The van der Waals surface area contributed by atoms with E-state index in [1.165, 1.54) is 5.52 Å². The van der Waals surface area contributed by atoms with Crippen LogP contribution in [0, 0.1) is 0 Å². The predicted octanol–water partition coefficient (Wildman–Crippen LogP) is 2.76. The first-order chi connectivity index (χ1) is 8.86. The molecule has 0 amide bonds. The quantitative estimate of drug-likeness (QED) is 0.624. The zero-order valence-electron chi connectivity index (χ0n) is 11.2. The standard InChI is InChI=1S/C15H21N3/c1-3-18-14-10-7-6-9-13(14)17-15(18)11-5-4-8-12-16-2/h4-7,9-10,16H,3,8,11-12H2,1-2H3. The second kappa shape index (κ2) is 6.36. The van der Waals surface area contributed by atoms with Gasteiger partial charge in [0.25, 0.3) is 0 Å². The molecule has 0 unspecified atom stereocenters. The molecule has 1 aromatic carbocycles. The number of rotatable bonds is 6. The Balaban J connectivity index is 2.15. The van der Waals surface area contributed by atoms with Crippen LogP contribution in [0.25, 0.3) is 11.0 Å². The molecule has 0 radical (unpaired) electrons. The Labute approximate surface area is 109 Å². The first-order valence-corrected chi connectivity index (χ1v) is 6.60. The van der Waals surface area contributed by atoms with Gasteiger partial charge in [0, 0.05) is 13.0 Å². The lowest BCUT2D eigenvalue weighted by Crippen LogP contribution is -2.06. The van der Waals surface area contributed by atoms with E-state index in [-0.39, 0.29) is 0 Å². The van der Waals surface area contributed by atoms with E-state index >= 15 is 0 Å². The summed E-state index contributed by atoms with van der Waals surface area (Å²) in [5, 5.41) is 3.14. The summed E-state index contributed by atoms with van der Waals surface area (Å²) in [7, 11) is 1.98. The van der Waals surface area contributed by atoms with Crippen LogP contribution >= 0.6 is 0 Å². The zero-order chi connectivity index (χ0) is 12.8.